The number of aromatic nitrogens is 2. The lowest BCUT2D eigenvalue weighted by atomic mass is 10.2. The number of imidazole rings is 1. The van der Waals surface area contributed by atoms with Gasteiger partial charge in [0.2, 0.25) is 5.91 Å². The second-order valence-electron chi connectivity index (χ2n) is 9.07. The zero-order chi connectivity index (χ0) is 25.5. The number of carbonyl (C=O) groups excluding carboxylic acids is 2. The molecule has 1 aromatic heterocycles. The van der Waals surface area contributed by atoms with Crippen molar-refractivity contribution < 1.29 is 9.59 Å². The summed E-state index contributed by atoms with van der Waals surface area (Å²) in [6, 6.07) is 24.8. The summed E-state index contributed by atoms with van der Waals surface area (Å²) in [5, 5.41) is 3.55. The van der Waals surface area contributed by atoms with Crippen molar-refractivity contribution in [3.63, 3.8) is 0 Å². The molecule has 0 aliphatic rings. The van der Waals surface area contributed by atoms with Crippen LogP contribution in [0.4, 0.5) is 0 Å². The summed E-state index contributed by atoms with van der Waals surface area (Å²) in [6.07, 6.45) is 1.35. The quantitative estimate of drug-likeness (QED) is 0.291. The van der Waals surface area contributed by atoms with Crippen LogP contribution in [-0.2, 0) is 24.3 Å². The predicted molar refractivity (Wildman–Crippen MR) is 144 cm³/mol. The Morgan fingerprint density at radius 3 is 2.39 bits per heavy atom. The van der Waals surface area contributed by atoms with Gasteiger partial charge in [-0.2, -0.15) is 0 Å². The molecule has 0 unspecified atom stereocenters. The van der Waals surface area contributed by atoms with Gasteiger partial charge in [-0.25, -0.2) is 4.98 Å². The van der Waals surface area contributed by atoms with E-state index in [-0.39, 0.29) is 24.4 Å². The van der Waals surface area contributed by atoms with Gasteiger partial charge in [0.25, 0.3) is 5.91 Å². The van der Waals surface area contributed by atoms with E-state index in [1.807, 2.05) is 77.9 Å². The minimum Gasteiger partial charge on any atom is -0.352 e. The summed E-state index contributed by atoms with van der Waals surface area (Å²) in [4.78, 5) is 32.6. The molecule has 1 N–H and O–H groups in total. The number of rotatable bonds is 10. The van der Waals surface area contributed by atoms with Gasteiger partial charge in [-0.1, -0.05) is 54.1 Å². The average Bonchev–Trinajstić information content (AvgIpc) is 3.23. The lowest BCUT2D eigenvalue weighted by Crippen LogP contribution is -2.38. The third-order valence-electron chi connectivity index (χ3n) is 6.14. The first-order chi connectivity index (χ1) is 17.4. The van der Waals surface area contributed by atoms with E-state index in [1.54, 1.807) is 24.3 Å². The lowest BCUT2D eigenvalue weighted by Gasteiger charge is -2.27. The van der Waals surface area contributed by atoms with E-state index in [2.05, 4.69) is 5.32 Å². The molecule has 1 heterocycles. The van der Waals surface area contributed by atoms with Crippen molar-refractivity contribution in [1.82, 2.24) is 19.8 Å². The molecule has 0 atom stereocenters. The van der Waals surface area contributed by atoms with Crippen molar-refractivity contribution in [3.8, 4) is 0 Å². The molecular weight excluding hydrogens is 472 g/mol. The largest absolute Gasteiger partial charge is 0.352 e. The molecule has 2 amide bonds. The van der Waals surface area contributed by atoms with Crippen LogP contribution < -0.4 is 5.32 Å². The van der Waals surface area contributed by atoms with Crippen LogP contribution in [0.3, 0.4) is 0 Å². The highest BCUT2D eigenvalue weighted by Crippen LogP contribution is 2.19. The fourth-order valence-corrected chi connectivity index (χ4v) is 4.34. The average molecular weight is 503 g/mol. The van der Waals surface area contributed by atoms with Crippen molar-refractivity contribution in [1.29, 1.82) is 0 Å². The third-order valence-corrected chi connectivity index (χ3v) is 6.39. The molecular formula is C29H31ClN4O2. The van der Waals surface area contributed by atoms with Crippen molar-refractivity contribution in [2.24, 2.45) is 0 Å². The number of hydrogen-bond donors (Lipinski definition) is 1. The van der Waals surface area contributed by atoms with Gasteiger partial charge in [-0.05, 0) is 62.2 Å². The van der Waals surface area contributed by atoms with E-state index < -0.39 is 0 Å². The van der Waals surface area contributed by atoms with Gasteiger partial charge in [0.05, 0.1) is 11.0 Å². The van der Waals surface area contributed by atoms with E-state index in [9.17, 15) is 9.59 Å². The Kier molecular flexibility index (Phi) is 8.39. The first-order valence-electron chi connectivity index (χ1n) is 12.2. The minimum atomic E-state index is -0.135. The number of aryl methyl sites for hydroxylation is 1. The number of halogens is 1. The zero-order valence-electron chi connectivity index (χ0n) is 20.7. The monoisotopic (exact) mass is 502 g/mol. The van der Waals surface area contributed by atoms with Crippen LogP contribution in [0.2, 0.25) is 5.02 Å². The molecule has 3 aromatic carbocycles. The van der Waals surface area contributed by atoms with Crippen molar-refractivity contribution in [2.45, 2.75) is 45.8 Å². The molecule has 4 aromatic rings. The molecule has 0 radical (unpaired) electrons. The Morgan fingerprint density at radius 2 is 1.67 bits per heavy atom. The second-order valence-corrected chi connectivity index (χ2v) is 9.51. The van der Waals surface area contributed by atoms with Crippen molar-refractivity contribution in [2.75, 3.05) is 6.54 Å². The van der Waals surface area contributed by atoms with Crippen LogP contribution in [0.25, 0.3) is 11.0 Å². The van der Waals surface area contributed by atoms with Gasteiger partial charge in [0, 0.05) is 36.1 Å². The Labute approximate surface area is 216 Å². The Balaban J connectivity index is 1.44. The van der Waals surface area contributed by atoms with Crippen molar-refractivity contribution >= 4 is 34.4 Å². The summed E-state index contributed by atoms with van der Waals surface area (Å²) in [6.45, 7) is 5.37. The van der Waals surface area contributed by atoms with E-state index in [1.165, 1.54) is 0 Å². The van der Waals surface area contributed by atoms with Crippen LogP contribution in [0, 0.1) is 0 Å². The maximum absolute atomic E-state index is 13.5. The fourth-order valence-electron chi connectivity index (χ4n) is 4.21. The minimum absolute atomic E-state index is 0.0503. The predicted octanol–water partition coefficient (Wildman–Crippen LogP) is 5.49. The third kappa shape index (κ3) is 6.32. The number of amides is 2. The highest BCUT2D eigenvalue weighted by Gasteiger charge is 2.21. The fraction of sp³-hybridized carbons (Fsp3) is 0.276. The van der Waals surface area contributed by atoms with Gasteiger partial charge in [-0.3, -0.25) is 9.59 Å². The number of nitrogens with one attached hydrogen (secondary N) is 1. The highest BCUT2D eigenvalue weighted by atomic mass is 35.5. The second kappa shape index (κ2) is 11.9. The molecule has 0 spiro atoms. The normalized spacial score (nSPS) is 11.1. The molecule has 186 valence electrons. The van der Waals surface area contributed by atoms with Crippen LogP contribution in [-0.4, -0.2) is 38.9 Å². The molecule has 0 aliphatic heterocycles. The molecule has 0 aliphatic carbocycles. The first kappa shape index (κ1) is 25.5. The van der Waals surface area contributed by atoms with Gasteiger partial charge >= 0.3 is 0 Å². The van der Waals surface area contributed by atoms with Crippen molar-refractivity contribution in [3.05, 3.63) is 101 Å². The number of nitrogens with zero attached hydrogens (tertiary/aromatic N) is 3. The van der Waals surface area contributed by atoms with Gasteiger partial charge in [0.1, 0.15) is 12.4 Å². The summed E-state index contributed by atoms with van der Waals surface area (Å²) in [7, 11) is 0. The summed E-state index contributed by atoms with van der Waals surface area (Å²) in [5.41, 5.74) is 3.48. The molecule has 0 bridgehead atoms. The maximum Gasteiger partial charge on any atom is 0.251 e. The van der Waals surface area contributed by atoms with Crippen LogP contribution in [0.15, 0.2) is 78.9 Å². The van der Waals surface area contributed by atoms with E-state index in [4.69, 9.17) is 16.6 Å². The Hall–Kier alpha value is -3.64. The Morgan fingerprint density at radius 1 is 0.972 bits per heavy atom. The van der Waals surface area contributed by atoms with E-state index in [0.29, 0.717) is 36.5 Å². The van der Waals surface area contributed by atoms with E-state index in [0.717, 1.165) is 22.4 Å². The lowest BCUT2D eigenvalue weighted by molar-refractivity contribution is -0.134. The molecule has 0 fully saturated rings. The summed E-state index contributed by atoms with van der Waals surface area (Å²) >= 11 is 5.90. The molecule has 0 saturated heterocycles. The van der Waals surface area contributed by atoms with E-state index >= 15 is 0 Å². The van der Waals surface area contributed by atoms with Crippen LogP contribution >= 0.6 is 11.6 Å². The van der Waals surface area contributed by atoms with Gasteiger partial charge < -0.3 is 14.8 Å². The summed E-state index contributed by atoms with van der Waals surface area (Å²) < 4.78 is 2.01. The SMILES string of the molecule is CC(C)N(Cc1ccccc1)C(=O)Cn1c(CCCNC(=O)c2ccc(Cl)cc2)nc2ccccc21. The molecule has 36 heavy (non-hydrogen) atoms. The summed E-state index contributed by atoms with van der Waals surface area (Å²) in [5.74, 6) is 0.756. The number of fused-ring (bicyclic) bond motifs is 1. The van der Waals surface area contributed by atoms with Gasteiger partial charge in [-0.15, -0.1) is 0 Å². The number of hydrogen-bond acceptors (Lipinski definition) is 3. The zero-order valence-corrected chi connectivity index (χ0v) is 21.4. The molecule has 4 rings (SSSR count). The topological polar surface area (TPSA) is 67.2 Å². The highest BCUT2D eigenvalue weighted by molar-refractivity contribution is 6.30. The Bertz CT molecular complexity index is 1320. The van der Waals surface area contributed by atoms with Crippen LogP contribution in [0.5, 0.6) is 0 Å². The number of carbonyl (C=O) groups is 2. The maximum atomic E-state index is 13.5. The number of benzene rings is 3. The molecule has 0 saturated carbocycles. The molecule has 6 nitrogen and oxygen atoms in total. The number of para-hydroxylation sites is 2. The van der Waals surface area contributed by atoms with Gasteiger partial charge in [0.15, 0.2) is 0 Å². The first-order valence-corrected chi connectivity index (χ1v) is 12.6. The van der Waals surface area contributed by atoms with Crippen LogP contribution in [0.1, 0.15) is 42.0 Å². The molecule has 7 heteroatoms. The smallest absolute Gasteiger partial charge is 0.251 e. The standard InChI is InChI=1S/C29H31ClN4O2/c1-21(2)33(19-22-9-4-3-5-10-22)28(35)20-34-26-12-7-6-11-25(26)32-27(34)13-8-18-31-29(36)23-14-16-24(30)17-15-23/h3-7,9-12,14-17,21H,8,13,18-20H2,1-2H3,(H,31,36).